The summed E-state index contributed by atoms with van der Waals surface area (Å²) in [4.78, 5) is 0. The summed E-state index contributed by atoms with van der Waals surface area (Å²) in [5.74, 6) is 0. The topological polar surface area (TPSA) is 0 Å². The van der Waals surface area contributed by atoms with Crippen LogP contribution in [-0.4, -0.2) is 0 Å². The Morgan fingerprint density at radius 2 is 0.0200 bits per heavy atom. The van der Waals surface area contributed by atoms with E-state index >= 15 is 0 Å². The van der Waals surface area contributed by atoms with E-state index in [1.807, 2.05) is 0 Å². The third-order valence-corrected chi connectivity index (χ3v) is 0. The first kappa shape index (κ1) is 862. The van der Waals surface area contributed by atoms with E-state index < -0.39 is 0 Å². The van der Waals surface area contributed by atoms with Crippen molar-refractivity contribution in [2.24, 2.45) is 0 Å². The number of hydrogen-bond donors (Lipinski definition) is 0. The number of rotatable bonds is 0. The van der Waals surface area contributed by atoms with Gasteiger partial charge in [-0.15, -0.1) is 248 Å². The molecule has 160 valence electrons. The quantitative estimate of drug-likeness (QED) is 0.212. The molecule has 0 aromatic heterocycles. The Morgan fingerprint density at radius 1 is 0.0200 bits per heavy atom. The average molecular weight is 2570 g/mol. The van der Waals surface area contributed by atoms with Crippen molar-refractivity contribution < 1.29 is 2360 Å². The Bertz CT molecular complexity index is 72.2. The van der Waals surface area contributed by atoms with Crippen molar-refractivity contribution in [2.45, 2.75) is 0 Å². The van der Waals surface area contributed by atoms with E-state index in [1.165, 1.54) is 0 Å². The van der Waals surface area contributed by atoms with E-state index in [0.717, 1.165) is 0 Å². The van der Waals surface area contributed by atoms with Gasteiger partial charge in [-0.2, -0.15) is 0 Å². The minimum Gasteiger partial charge on any atom is -0.147 e. The minimum atomic E-state index is 0. The molecule has 0 aliphatic heterocycles. The molecule has 0 bridgehead atoms. The molecule has 100 heavy (non-hydrogen) atoms. The maximum atomic E-state index is 0. The van der Waals surface area contributed by atoms with Gasteiger partial charge in [-0.25, -0.2) is 0 Å². The largest absolute Gasteiger partial charge is 1.00 e. The van der Waals surface area contributed by atoms with Gasteiger partial charge in [0.1, 0.15) is 0 Å². The first-order chi connectivity index (χ1) is 0. The summed E-state index contributed by atoms with van der Waals surface area (Å²) in [5.41, 5.74) is 0. The van der Waals surface area contributed by atoms with Crippen LogP contribution < -0.4 is 2360 Å². The molecule has 0 aromatic rings. The second-order valence-corrected chi connectivity index (χ2v) is 0. The van der Waals surface area contributed by atoms with Crippen LogP contribution in [0.4, 0.5) is 0 Å². The second-order valence-electron chi connectivity index (χ2n) is 0. The fourth-order valence-corrected chi connectivity index (χ4v) is 0. The van der Waals surface area contributed by atoms with Crippen molar-refractivity contribution >= 4 is 248 Å². The zero-order valence-corrected chi connectivity index (χ0v) is 264. The molecule has 100 heteroatoms. The summed E-state index contributed by atoms with van der Waals surface area (Å²) < 4.78 is 0. The fourth-order valence-electron chi connectivity index (χ4n) is 0. The molecule has 0 aliphatic carbocycles. The summed E-state index contributed by atoms with van der Waals surface area (Å²) in [7, 11) is 0. The van der Waals surface area contributed by atoms with Crippen LogP contribution in [0.5, 0.6) is 0 Å². The van der Waals surface area contributed by atoms with Crippen molar-refractivity contribution in [3.8, 4) is 0 Å². The van der Waals surface area contributed by atoms with Crippen molar-refractivity contribution in [3.05, 3.63) is 0 Å². The molecule has 0 saturated carbocycles. The maximum absolute atomic E-state index is 0. The van der Waals surface area contributed by atoms with Crippen LogP contribution in [0.15, 0.2) is 0 Å². The van der Waals surface area contributed by atoms with E-state index in [-0.39, 0.29) is 2610 Å². The van der Waals surface area contributed by atoms with Gasteiger partial charge >= 0.3 is 2360 Å². The smallest absolute Gasteiger partial charge is 0.147 e. The zero-order chi connectivity index (χ0) is 0. The van der Waals surface area contributed by atoms with Crippen molar-refractivity contribution in [1.29, 1.82) is 0 Å². The second kappa shape index (κ2) is 848. The zero-order valence-electron chi connectivity index (χ0n) is 88.2. The Kier molecular flexibility index (Phi) is 7310. The SMILES string of the molecule is Cl.Cl.Cl.Cl.Cl.Cl.Cl.Cl.Cl.Cl.Cl.Cl.Cl.Cl.Cl.Cl.Cl.Cl.Cl.Cl.[Na+].[Na+].[Na+].[Na+].[Na+].[Na+].[Na+].[Na+].[Na+].[Na+].[Na+].[Na+].[Na+].[Na+].[Na+].[Na+].[Na+].[Na+].[Na+].[Na+].[Na+].[Na+].[Na+].[Na+].[Na+].[Na+].[Na+].[Na+].[Na+].[Na+].[Na+].[Na+].[Na+].[Na+].[Na+].[Na+].[Na+].[Na+].[Na+].[Na+].[Na+].[Na+].[Na+].[Na+].[Na+].[Na+].[Na+].[Na+].[Na+].[Na+].[Na+].[Na+].[Na+].[Na+].[Na+].[Na+].[Na+].[Na+].[Na+].[Na+].[Na+].[Na+].[Na+].[Na+].[Na+].[Na+].[Na+].[Na+].[Na+].[Na+].[Na+].[Na+].[Na+].[Na+].[Na+].[Na+].[Na+].[Na+].[Na+].[Na+]. The normalized spacial score (nSPS) is 0. The van der Waals surface area contributed by atoms with Gasteiger partial charge in [0.2, 0.25) is 0 Å². The molecule has 0 aromatic carbocycles. The average Bonchev–Trinajstić information content (AvgIpc) is 0. The molecule has 0 fully saturated rings. The number of hydrogen-bond acceptors (Lipinski definition) is 0. The molecule has 0 heterocycles. The van der Waals surface area contributed by atoms with E-state index in [0.29, 0.717) is 0 Å². The van der Waals surface area contributed by atoms with Gasteiger partial charge in [0.05, 0.1) is 0 Å². The first-order valence-electron chi connectivity index (χ1n) is 0. The molecule has 0 amide bonds. The van der Waals surface area contributed by atoms with Crippen LogP contribution in [0.2, 0.25) is 0 Å². The third-order valence-electron chi connectivity index (χ3n) is 0. The molecular formula is H20Cl20Na80+80. The molecule has 0 rings (SSSR count). The molecular weight excluding hydrogens is 2550 g/mol. The van der Waals surface area contributed by atoms with Crippen LogP contribution in [0.3, 0.4) is 0 Å². The summed E-state index contributed by atoms with van der Waals surface area (Å²) in [6.45, 7) is 0. The Labute approximate surface area is 2520 Å². The molecule has 0 radical (unpaired) electrons. The van der Waals surface area contributed by atoms with E-state index in [4.69, 9.17) is 0 Å². The predicted octanol–water partition coefficient (Wildman–Crippen LogP) is -231. The van der Waals surface area contributed by atoms with Gasteiger partial charge in [0.25, 0.3) is 0 Å². The summed E-state index contributed by atoms with van der Waals surface area (Å²) in [6, 6.07) is 0. The van der Waals surface area contributed by atoms with Gasteiger partial charge in [-0.05, 0) is 0 Å². The van der Waals surface area contributed by atoms with Crippen LogP contribution in [0, 0.1) is 0 Å². The van der Waals surface area contributed by atoms with Crippen LogP contribution in [-0.2, 0) is 0 Å². The van der Waals surface area contributed by atoms with Crippen LogP contribution in [0.1, 0.15) is 0 Å². The molecule has 0 aliphatic rings. The molecule has 0 nitrogen and oxygen atoms in total. The van der Waals surface area contributed by atoms with E-state index in [2.05, 4.69) is 0 Å². The van der Waals surface area contributed by atoms with Gasteiger partial charge < -0.3 is 0 Å². The molecule has 0 N–H and O–H groups in total. The standard InChI is InChI=1S/20ClH.80Na/h20*1H;;;;;;;;;;;;;;;;;;;;;;;;;;;;;;;;;;;;;;;;;;;;;;;;;;;;;;;;;;;;;;;;;;;;;;;;;;;;;;;;/q;;;;;;;;;;;;;;;;;;;;80*+1. The molecule has 0 saturated heterocycles. The molecule has 0 unspecified atom stereocenters. The number of halogens is 20. The minimum absolute atomic E-state index is 0. The van der Waals surface area contributed by atoms with E-state index in [9.17, 15) is 0 Å². The van der Waals surface area contributed by atoms with Crippen LogP contribution in [0.25, 0.3) is 0 Å². The van der Waals surface area contributed by atoms with Crippen molar-refractivity contribution in [2.75, 3.05) is 0 Å². The summed E-state index contributed by atoms with van der Waals surface area (Å²) in [6.07, 6.45) is 0. The van der Waals surface area contributed by atoms with E-state index in [1.54, 1.807) is 0 Å². The molecule has 0 atom stereocenters. The first-order valence-corrected chi connectivity index (χ1v) is 0. The Hall–Kier alpha value is 85.8. The van der Waals surface area contributed by atoms with Gasteiger partial charge in [0.15, 0.2) is 0 Å². The fraction of sp³-hybridized carbons (Fsp3) is 0. The van der Waals surface area contributed by atoms with Crippen molar-refractivity contribution in [1.82, 2.24) is 0 Å². The maximum Gasteiger partial charge on any atom is 1.00 e. The van der Waals surface area contributed by atoms with Gasteiger partial charge in [-0.1, -0.05) is 0 Å². The predicted molar refractivity (Wildman–Crippen MR) is 145 cm³/mol. The summed E-state index contributed by atoms with van der Waals surface area (Å²) in [5, 5.41) is 0. The monoisotopic (exact) mass is 2560 g/mol. The molecule has 0 spiro atoms. The Balaban J connectivity index is 0. The van der Waals surface area contributed by atoms with Crippen LogP contribution >= 0.6 is 248 Å². The Morgan fingerprint density at radius 3 is 0.0200 bits per heavy atom. The van der Waals surface area contributed by atoms with Gasteiger partial charge in [0, 0.05) is 0 Å². The third kappa shape index (κ3) is 834. The van der Waals surface area contributed by atoms with Crippen molar-refractivity contribution in [3.63, 3.8) is 0 Å². The van der Waals surface area contributed by atoms with Gasteiger partial charge in [-0.3, -0.25) is 0 Å². The summed E-state index contributed by atoms with van der Waals surface area (Å²) >= 11 is 0.